The molecule has 0 aliphatic rings. The number of amides is 1. The fourth-order valence-corrected chi connectivity index (χ4v) is 1.88. The van der Waals surface area contributed by atoms with Crippen LogP contribution >= 0.6 is 23.4 Å². The number of thioether (sulfide) groups is 1. The number of hydrogen-bond donors (Lipinski definition) is 2. The summed E-state index contributed by atoms with van der Waals surface area (Å²) in [5.74, 6) is -0.346. The first-order valence-electron chi connectivity index (χ1n) is 5.09. The van der Waals surface area contributed by atoms with Crippen molar-refractivity contribution in [3.05, 3.63) is 29.0 Å². The van der Waals surface area contributed by atoms with Gasteiger partial charge in [-0.15, -0.1) is 11.8 Å². The van der Waals surface area contributed by atoms with Gasteiger partial charge < -0.3 is 11.1 Å². The molecule has 1 rings (SSSR count). The van der Waals surface area contributed by atoms with E-state index < -0.39 is 5.82 Å². The molecule has 0 aliphatic heterocycles. The Hall–Kier alpha value is -0.780. The number of carbonyl (C=O) groups is 1. The standard InChI is InChI=1S/C11H14ClFN2OS/c1-7(5-14)17-6-11(16)15-8-2-3-10(13)9(12)4-8/h2-4,7H,5-6,14H2,1H3,(H,15,16). The quantitative estimate of drug-likeness (QED) is 0.869. The fourth-order valence-electron chi connectivity index (χ4n) is 1.06. The van der Waals surface area contributed by atoms with E-state index >= 15 is 0 Å². The molecular formula is C11H14ClFN2OS. The molecule has 0 aliphatic carbocycles. The van der Waals surface area contributed by atoms with Gasteiger partial charge in [-0.2, -0.15) is 0 Å². The van der Waals surface area contributed by atoms with Crippen molar-refractivity contribution in [2.24, 2.45) is 5.73 Å². The maximum absolute atomic E-state index is 12.9. The molecule has 1 atom stereocenters. The minimum absolute atomic E-state index is 0.00854. The number of benzene rings is 1. The molecule has 0 spiro atoms. The number of hydrogen-bond acceptors (Lipinski definition) is 3. The lowest BCUT2D eigenvalue weighted by Crippen LogP contribution is -2.19. The van der Waals surface area contributed by atoms with Crippen molar-refractivity contribution < 1.29 is 9.18 Å². The molecule has 0 saturated heterocycles. The fraction of sp³-hybridized carbons (Fsp3) is 0.364. The van der Waals surface area contributed by atoms with Gasteiger partial charge in [0.25, 0.3) is 0 Å². The predicted molar refractivity (Wildman–Crippen MR) is 71.0 cm³/mol. The van der Waals surface area contributed by atoms with Gasteiger partial charge in [0.05, 0.1) is 10.8 Å². The van der Waals surface area contributed by atoms with E-state index in [0.717, 1.165) is 0 Å². The Bertz CT molecular complexity index is 403. The third-order valence-corrected chi connectivity index (χ3v) is 3.51. The number of rotatable bonds is 5. The molecule has 0 fully saturated rings. The molecule has 0 saturated carbocycles. The summed E-state index contributed by atoms with van der Waals surface area (Å²) in [5, 5.41) is 2.86. The largest absolute Gasteiger partial charge is 0.329 e. The van der Waals surface area contributed by atoms with Crippen molar-refractivity contribution >= 4 is 35.0 Å². The molecule has 3 nitrogen and oxygen atoms in total. The zero-order chi connectivity index (χ0) is 12.8. The van der Waals surface area contributed by atoms with E-state index in [1.54, 1.807) is 0 Å². The average Bonchev–Trinajstić information content (AvgIpc) is 2.31. The van der Waals surface area contributed by atoms with E-state index in [1.807, 2.05) is 6.92 Å². The van der Waals surface area contributed by atoms with Crippen LogP contribution in [-0.2, 0) is 4.79 Å². The Labute approximate surface area is 109 Å². The Kier molecular flexibility index (Phi) is 5.74. The molecule has 6 heteroatoms. The molecule has 17 heavy (non-hydrogen) atoms. The number of halogens is 2. The topological polar surface area (TPSA) is 55.1 Å². The van der Waals surface area contributed by atoms with Crippen LogP contribution in [0.4, 0.5) is 10.1 Å². The van der Waals surface area contributed by atoms with E-state index in [2.05, 4.69) is 5.32 Å². The van der Waals surface area contributed by atoms with Crippen molar-refractivity contribution in [1.29, 1.82) is 0 Å². The monoisotopic (exact) mass is 276 g/mol. The molecule has 0 bridgehead atoms. The highest BCUT2D eigenvalue weighted by Crippen LogP contribution is 2.19. The van der Waals surface area contributed by atoms with Crippen LogP contribution in [0.2, 0.25) is 5.02 Å². The van der Waals surface area contributed by atoms with Crippen LogP contribution in [0, 0.1) is 5.82 Å². The average molecular weight is 277 g/mol. The van der Waals surface area contributed by atoms with Crippen LogP contribution < -0.4 is 11.1 Å². The Morgan fingerprint density at radius 3 is 2.94 bits per heavy atom. The predicted octanol–water partition coefficient (Wildman–Crippen LogP) is 2.50. The Morgan fingerprint density at radius 1 is 1.65 bits per heavy atom. The van der Waals surface area contributed by atoms with E-state index in [9.17, 15) is 9.18 Å². The Morgan fingerprint density at radius 2 is 2.35 bits per heavy atom. The van der Waals surface area contributed by atoms with Gasteiger partial charge in [-0.05, 0) is 18.2 Å². The van der Waals surface area contributed by atoms with Crippen LogP contribution in [-0.4, -0.2) is 23.5 Å². The second-order valence-corrected chi connectivity index (χ2v) is 5.37. The smallest absolute Gasteiger partial charge is 0.234 e. The molecule has 1 amide bonds. The first kappa shape index (κ1) is 14.3. The van der Waals surface area contributed by atoms with Crippen molar-refractivity contribution in [1.82, 2.24) is 0 Å². The third-order valence-electron chi connectivity index (χ3n) is 2.03. The van der Waals surface area contributed by atoms with E-state index in [1.165, 1.54) is 30.0 Å². The first-order chi connectivity index (χ1) is 8.02. The minimum atomic E-state index is -0.504. The Balaban J connectivity index is 2.48. The number of anilines is 1. The van der Waals surface area contributed by atoms with Crippen molar-refractivity contribution in [2.45, 2.75) is 12.2 Å². The lowest BCUT2D eigenvalue weighted by atomic mass is 10.3. The molecule has 1 aromatic rings. The van der Waals surface area contributed by atoms with Gasteiger partial charge in [-0.3, -0.25) is 4.79 Å². The van der Waals surface area contributed by atoms with Gasteiger partial charge in [0.1, 0.15) is 5.82 Å². The molecule has 1 unspecified atom stereocenters. The summed E-state index contributed by atoms with van der Waals surface area (Å²) in [6, 6.07) is 4.07. The highest BCUT2D eigenvalue weighted by atomic mass is 35.5. The number of nitrogens with one attached hydrogen (secondary N) is 1. The summed E-state index contributed by atoms with van der Waals surface area (Å²) in [4.78, 5) is 11.5. The summed E-state index contributed by atoms with van der Waals surface area (Å²) in [7, 11) is 0. The van der Waals surface area contributed by atoms with Crippen molar-refractivity contribution in [3.8, 4) is 0 Å². The lowest BCUT2D eigenvalue weighted by Gasteiger charge is -2.09. The highest BCUT2D eigenvalue weighted by molar-refractivity contribution is 8.00. The summed E-state index contributed by atoms with van der Waals surface area (Å²) in [5.41, 5.74) is 5.92. The molecule has 0 aromatic heterocycles. The normalized spacial score (nSPS) is 12.2. The summed E-state index contributed by atoms with van der Waals surface area (Å²) in [6.45, 7) is 2.48. The van der Waals surface area contributed by atoms with Crippen molar-refractivity contribution in [2.75, 3.05) is 17.6 Å². The van der Waals surface area contributed by atoms with Gasteiger partial charge >= 0.3 is 0 Å². The van der Waals surface area contributed by atoms with Crippen LogP contribution in [0.3, 0.4) is 0 Å². The van der Waals surface area contributed by atoms with Gasteiger partial charge in [-0.1, -0.05) is 18.5 Å². The van der Waals surface area contributed by atoms with E-state index in [4.69, 9.17) is 17.3 Å². The van der Waals surface area contributed by atoms with Crippen LogP contribution in [0.1, 0.15) is 6.92 Å². The molecular weight excluding hydrogens is 263 g/mol. The summed E-state index contributed by atoms with van der Waals surface area (Å²) >= 11 is 7.07. The zero-order valence-corrected chi connectivity index (χ0v) is 10.9. The van der Waals surface area contributed by atoms with Crippen LogP contribution in [0.25, 0.3) is 0 Å². The first-order valence-corrected chi connectivity index (χ1v) is 6.52. The maximum atomic E-state index is 12.9. The summed E-state index contributed by atoms with van der Waals surface area (Å²) in [6.07, 6.45) is 0. The van der Waals surface area contributed by atoms with Gasteiger partial charge in [0, 0.05) is 17.5 Å². The zero-order valence-electron chi connectivity index (χ0n) is 9.37. The van der Waals surface area contributed by atoms with Crippen LogP contribution in [0.5, 0.6) is 0 Å². The number of nitrogens with two attached hydrogens (primary N) is 1. The highest BCUT2D eigenvalue weighted by Gasteiger charge is 2.07. The van der Waals surface area contributed by atoms with Crippen LogP contribution in [0.15, 0.2) is 18.2 Å². The van der Waals surface area contributed by atoms with Crippen molar-refractivity contribution in [3.63, 3.8) is 0 Å². The molecule has 0 radical (unpaired) electrons. The van der Waals surface area contributed by atoms with Gasteiger partial charge in [-0.25, -0.2) is 4.39 Å². The summed E-state index contributed by atoms with van der Waals surface area (Å²) < 4.78 is 12.9. The van der Waals surface area contributed by atoms with Gasteiger partial charge in [0.2, 0.25) is 5.91 Å². The second-order valence-electron chi connectivity index (χ2n) is 3.53. The number of carbonyl (C=O) groups excluding carboxylic acids is 1. The molecule has 0 heterocycles. The van der Waals surface area contributed by atoms with Gasteiger partial charge in [0.15, 0.2) is 0 Å². The third kappa shape index (κ3) is 4.93. The molecule has 1 aromatic carbocycles. The maximum Gasteiger partial charge on any atom is 0.234 e. The van der Waals surface area contributed by atoms with E-state index in [0.29, 0.717) is 18.0 Å². The molecule has 3 N–H and O–H groups in total. The molecule has 94 valence electrons. The van der Waals surface area contributed by atoms with E-state index in [-0.39, 0.29) is 16.2 Å². The second kappa shape index (κ2) is 6.83. The lowest BCUT2D eigenvalue weighted by molar-refractivity contribution is -0.113. The minimum Gasteiger partial charge on any atom is -0.329 e. The SMILES string of the molecule is CC(CN)SCC(=O)Nc1ccc(F)c(Cl)c1.